The number of aryl methyl sites for hydroxylation is 1. The van der Waals surface area contributed by atoms with Crippen LogP contribution in [0.25, 0.3) is 0 Å². The van der Waals surface area contributed by atoms with Crippen LogP contribution < -0.4 is 10.6 Å². The molecule has 0 aromatic heterocycles. The standard InChI is InChI=1S/C15H25N3/c1-4-13-5-7-14(8-6-13)18-10-12(2)17(3)15(9-16)11-18/h5-8,12,15H,4,9-11,16H2,1-3H3. The smallest absolute Gasteiger partial charge is 0.0394 e. The van der Waals surface area contributed by atoms with Crippen LogP contribution in [0.15, 0.2) is 24.3 Å². The topological polar surface area (TPSA) is 32.5 Å². The van der Waals surface area contributed by atoms with Crippen LogP contribution in [-0.4, -0.2) is 43.7 Å². The van der Waals surface area contributed by atoms with Gasteiger partial charge in [0.25, 0.3) is 0 Å². The molecule has 0 amide bonds. The lowest BCUT2D eigenvalue weighted by atomic mass is 10.1. The van der Waals surface area contributed by atoms with Crippen molar-refractivity contribution in [3.05, 3.63) is 29.8 Å². The van der Waals surface area contributed by atoms with Gasteiger partial charge in [0.2, 0.25) is 0 Å². The normalized spacial score (nSPS) is 25.4. The van der Waals surface area contributed by atoms with Crippen molar-refractivity contribution in [1.82, 2.24) is 4.90 Å². The summed E-state index contributed by atoms with van der Waals surface area (Å²) in [6.07, 6.45) is 1.10. The van der Waals surface area contributed by atoms with Gasteiger partial charge in [-0.15, -0.1) is 0 Å². The number of nitrogens with two attached hydrogens (primary N) is 1. The van der Waals surface area contributed by atoms with Gasteiger partial charge in [0, 0.05) is 37.4 Å². The molecule has 0 saturated carbocycles. The second kappa shape index (κ2) is 5.72. The minimum Gasteiger partial charge on any atom is -0.368 e. The number of likely N-dealkylation sites (N-methyl/N-ethyl adjacent to an activating group) is 1. The van der Waals surface area contributed by atoms with Gasteiger partial charge in [-0.2, -0.15) is 0 Å². The summed E-state index contributed by atoms with van der Waals surface area (Å²) in [5, 5.41) is 0. The summed E-state index contributed by atoms with van der Waals surface area (Å²) < 4.78 is 0. The predicted molar refractivity (Wildman–Crippen MR) is 78.1 cm³/mol. The van der Waals surface area contributed by atoms with Crippen LogP contribution >= 0.6 is 0 Å². The van der Waals surface area contributed by atoms with E-state index in [4.69, 9.17) is 5.73 Å². The molecule has 0 radical (unpaired) electrons. The molecule has 3 heteroatoms. The highest BCUT2D eigenvalue weighted by Gasteiger charge is 2.28. The first-order chi connectivity index (χ1) is 8.65. The number of nitrogens with zero attached hydrogens (tertiary/aromatic N) is 2. The van der Waals surface area contributed by atoms with Gasteiger partial charge in [0.1, 0.15) is 0 Å². The number of benzene rings is 1. The lowest BCUT2D eigenvalue weighted by molar-refractivity contribution is 0.162. The van der Waals surface area contributed by atoms with E-state index in [0.29, 0.717) is 12.1 Å². The molecular formula is C15H25N3. The summed E-state index contributed by atoms with van der Waals surface area (Å²) in [7, 11) is 2.18. The van der Waals surface area contributed by atoms with E-state index in [-0.39, 0.29) is 0 Å². The Kier molecular flexibility index (Phi) is 4.25. The molecule has 1 fully saturated rings. The van der Waals surface area contributed by atoms with Gasteiger partial charge in [0.05, 0.1) is 0 Å². The fraction of sp³-hybridized carbons (Fsp3) is 0.600. The molecule has 2 unspecified atom stereocenters. The molecule has 1 aliphatic rings. The van der Waals surface area contributed by atoms with Crippen molar-refractivity contribution in [2.75, 3.05) is 31.6 Å². The Balaban J connectivity index is 2.12. The van der Waals surface area contributed by atoms with Crippen molar-refractivity contribution in [1.29, 1.82) is 0 Å². The van der Waals surface area contributed by atoms with E-state index in [1.165, 1.54) is 11.3 Å². The van der Waals surface area contributed by atoms with Crippen molar-refractivity contribution in [2.24, 2.45) is 5.73 Å². The van der Waals surface area contributed by atoms with Crippen LogP contribution in [0.4, 0.5) is 5.69 Å². The van der Waals surface area contributed by atoms with Crippen LogP contribution in [0.5, 0.6) is 0 Å². The van der Waals surface area contributed by atoms with E-state index in [1.807, 2.05) is 0 Å². The Labute approximate surface area is 111 Å². The van der Waals surface area contributed by atoms with Gasteiger partial charge in [-0.3, -0.25) is 4.90 Å². The van der Waals surface area contributed by atoms with Gasteiger partial charge in [-0.1, -0.05) is 19.1 Å². The first-order valence-corrected chi connectivity index (χ1v) is 6.91. The van der Waals surface area contributed by atoms with Gasteiger partial charge in [-0.25, -0.2) is 0 Å². The molecule has 2 atom stereocenters. The zero-order valence-electron chi connectivity index (χ0n) is 11.8. The molecule has 1 aliphatic heterocycles. The third-order valence-electron chi connectivity index (χ3n) is 4.17. The molecule has 1 aromatic rings. The average molecular weight is 247 g/mol. The summed E-state index contributed by atoms with van der Waals surface area (Å²) >= 11 is 0. The molecule has 1 aromatic carbocycles. The first-order valence-electron chi connectivity index (χ1n) is 6.91. The molecule has 0 bridgehead atoms. The summed E-state index contributed by atoms with van der Waals surface area (Å²) in [6.45, 7) is 7.30. The van der Waals surface area contributed by atoms with Crippen LogP contribution in [0, 0.1) is 0 Å². The molecule has 2 rings (SSSR count). The van der Waals surface area contributed by atoms with Crippen LogP contribution in [-0.2, 0) is 6.42 Å². The second-order valence-corrected chi connectivity index (χ2v) is 5.33. The van der Waals surface area contributed by atoms with Crippen molar-refractivity contribution >= 4 is 5.69 Å². The van der Waals surface area contributed by atoms with Crippen molar-refractivity contribution < 1.29 is 0 Å². The third kappa shape index (κ3) is 2.68. The Bertz CT molecular complexity index is 374. The van der Waals surface area contributed by atoms with E-state index >= 15 is 0 Å². The van der Waals surface area contributed by atoms with Crippen molar-refractivity contribution in [2.45, 2.75) is 32.4 Å². The number of rotatable bonds is 3. The number of hydrogen-bond donors (Lipinski definition) is 1. The lowest BCUT2D eigenvalue weighted by Crippen LogP contribution is -2.58. The van der Waals surface area contributed by atoms with Gasteiger partial charge in [0.15, 0.2) is 0 Å². The molecular weight excluding hydrogens is 222 g/mol. The van der Waals surface area contributed by atoms with Gasteiger partial charge in [-0.05, 0) is 38.1 Å². The van der Waals surface area contributed by atoms with E-state index in [2.05, 4.69) is 55.0 Å². The van der Waals surface area contributed by atoms with Gasteiger partial charge >= 0.3 is 0 Å². The van der Waals surface area contributed by atoms with E-state index in [9.17, 15) is 0 Å². The monoisotopic (exact) mass is 247 g/mol. The highest BCUT2D eigenvalue weighted by atomic mass is 15.3. The number of anilines is 1. The fourth-order valence-corrected chi connectivity index (χ4v) is 2.66. The summed E-state index contributed by atoms with van der Waals surface area (Å²) in [4.78, 5) is 4.86. The molecule has 1 heterocycles. The SMILES string of the molecule is CCc1ccc(N2CC(C)N(C)C(CN)C2)cc1. The Morgan fingerprint density at radius 3 is 2.44 bits per heavy atom. The minimum absolute atomic E-state index is 0.458. The Hall–Kier alpha value is -1.06. The van der Waals surface area contributed by atoms with E-state index < -0.39 is 0 Å². The summed E-state index contributed by atoms with van der Waals surface area (Å²) in [5.74, 6) is 0. The quantitative estimate of drug-likeness (QED) is 0.882. The lowest BCUT2D eigenvalue weighted by Gasteiger charge is -2.44. The third-order valence-corrected chi connectivity index (χ3v) is 4.17. The highest BCUT2D eigenvalue weighted by Crippen LogP contribution is 2.21. The molecule has 0 spiro atoms. The average Bonchev–Trinajstić information content (AvgIpc) is 2.42. The molecule has 18 heavy (non-hydrogen) atoms. The van der Waals surface area contributed by atoms with E-state index in [0.717, 1.165) is 26.1 Å². The maximum atomic E-state index is 5.87. The highest BCUT2D eigenvalue weighted by molar-refractivity contribution is 5.48. The van der Waals surface area contributed by atoms with Gasteiger partial charge < -0.3 is 10.6 Å². The molecule has 1 saturated heterocycles. The van der Waals surface area contributed by atoms with Crippen LogP contribution in [0.3, 0.4) is 0 Å². The van der Waals surface area contributed by atoms with Crippen molar-refractivity contribution in [3.8, 4) is 0 Å². The first kappa shape index (κ1) is 13.4. The zero-order chi connectivity index (χ0) is 13.1. The molecule has 100 valence electrons. The Morgan fingerprint density at radius 1 is 1.22 bits per heavy atom. The number of piperazine rings is 1. The predicted octanol–water partition coefficient (Wildman–Crippen LogP) is 1.72. The summed E-state index contributed by atoms with van der Waals surface area (Å²) in [6, 6.07) is 9.96. The minimum atomic E-state index is 0.458. The summed E-state index contributed by atoms with van der Waals surface area (Å²) in [5.41, 5.74) is 8.60. The van der Waals surface area contributed by atoms with Crippen LogP contribution in [0.1, 0.15) is 19.4 Å². The Morgan fingerprint density at radius 2 is 1.89 bits per heavy atom. The molecule has 2 N–H and O–H groups in total. The van der Waals surface area contributed by atoms with Crippen molar-refractivity contribution in [3.63, 3.8) is 0 Å². The maximum Gasteiger partial charge on any atom is 0.0394 e. The van der Waals surface area contributed by atoms with E-state index in [1.54, 1.807) is 0 Å². The fourth-order valence-electron chi connectivity index (χ4n) is 2.66. The van der Waals surface area contributed by atoms with Crippen LogP contribution in [0.2, 0.25) is 0 Å². The largest absolute Gasteiger partial charge is 0.368 e. The zero-order valence-corrected chi connectivity index (χ0v) is 11.8. The molecule has 3 nitrogen and oxygen atoms in total. The molecule has 0 aliphatic carbocycles. The number of hydrogen-bond acceptors (Lipinski definition) is 3. The second-order valence-electron chi connectivity index (χ2n) is 5.33. The maximum absolute atomic E-state index is 5.87.